The highest BCUT2D eigenvalue weighted by Gasteiger charge is 2.23. The van der Waals surface area contributed by atoms with Gasteiger partial charge in [0.1, 0.15) is 0 Å². The summed E-state index contributed by atoms with van der Waals surface area (Å²) >= 11 is 0. The number of likely N-dealkylation sites (tertiary alicyclic amines) is 1. The number of hydrogen-bond donors (Lipinski definition) is 1. The minimum absolute atomic E-state index is 0.568. The molecule has 0 aromatic heterocycles. The molecule has 0 aromatic rings. The summed E-state index contributed by atoms with van der Waals surface area (Å²) in [6, 6.07) is 1.25. The van der Waals surface area contributed by atoms with Gasteiger partial charge in [-0.3, -0.25) is 4.90 Å². The highest BCUT2D eigenvalue weighted by Crippen LogP contribution is 2.15. The monoisotopic (exact) mass is 288 g/mol. The van der Waals surface area contributed by atoms with E-state index in [0.717, 1.165) is 19.7 Å². The maximum absolute atomic E-state index is 5.62. The quantitative estimate of drug-likeness (QED) is 0.545. The summed E-state index contributed by atoms with van der Waals surface area (Å²) in [5, 5.41) is 3.53. The zero-order chi connectivity index (χ0) is 14.6. The van der Waals surface area contributed by atoms with E-state index in [2.05, 4.69) is 24.1 Å². The molecule has 0 bridgehead atoms. The van der Waals surface area contributed by atoms with E-state index in [4.69, 9.17) is 14.2 Å². The average Bonchev–Trinajstić information content (AvgIpc) is 2.87. The predicted molar refractivity (Wildman–Crippen MR) is 81.2 cm³/mol. The highest BCUT2D eigenvalue weighted by molar-refractivity contribution is 4.81. The normalized spacial score (nSPS) is 20.1. The third-order valence-electron chi connectivity index (χ3n) is 3.59. The molecule has 0 aromatic carbocycles. The molecule has 0 amide bonds. The number of rotatable bonds is 12. The largest absolute Gasteiger partial charge is 0.382 e. The summed E-state index contributed by atoms with van der Waals surface area (Å²) < 4.78 is 15.9. The Balaban J connectivity index is 1.97. The van der Waals surface area contributed by atoms with Crippen molar-refractivity contribution in [3.63, 3.8) is 0 Å². The van der Waals surface area contributed by atoms with E-state index in [1.165, 1.54) is 19.4 Å². The molecule has 1 heterocycles. The van der Waals surface area contributed by atoms with E-state index < -0.39 is 0 Å². The lowest BCUT2D eigenvalue weighted by Crippen LogP contribution is -2.41. The molecule has 1 atom stereocenters. The lowest BCUT2D eigenvalue weighted by Gasteiger charge is -2.25. The fourth-order valence-corrected chi connectivity index (χ4v) is 2.44. The van der Waals surface area contributed by atoms with Crippen molar-refractivity contribution < 1.29 is 14.2 Å². The van der Waals surface area contributed by atoms with Crippen LogP contribution < -0.4 is 5.32 Å². The standard InChI is InChI=1S/C15H32N2O3/c1-14(2)16-13-15-5-4-6-17(15)7-8-19-11-12-20-10-9-18-3/h14-16H,4-13H2,1-3H3. The molecule has 1 rings (SSSR count). The van der Waals surface area contributed by atoms with Crippen LogP contribution in [0.3, 0.4) is 0 Å². The van der Waals surface area contributed by atoms with Gasteiger partial charge in [-0.1, -0.05) is 13.8 Å². The van der Waals surface area contributed by atoms with Crippen LogP contribution in [0, 0.1) is 0 Å². The van der Waals surface area contributed by atoms with E-state index in [1.807, 2.05) is 0 Å². The molecule has 120 valence electrons. The Labute approximate surface area is 123 Å². The number of ether oxygens (including phenoxy) is 3. The smallest absolute Gasteiger partial charge is 0.0701 e. The van der Waals surface area contributed by atoms with Gasteiger partial charge in [0, 0.05) is 32.3 Å². The average molecular weight is 288 g/mol. The van der Waals surface area contributed by atoms with Crippen LogP contribution in [0.25, 0.3) is 0 Å². The number of methoxy groups -OCH3 is 1. The molecule has 5 heteroatoms. The fourth-order valence-electron chi connectivity index (χ4n) is 2.44. The van der Waals surface area contributed by atoms with Gasteiger partial charge in [0.2, 0.25) is 0 Å². The van der Waals surface area contributed by atoms with Gasteiger partial charge in [-0.15, -0.1) is 0 Å². The second-order valence-corrected chi connectivity index (χ2v) is 5.61. The van der Waals surface area contributed by atoms with Crippen molar-refractivity contribution in [2.75, 3.05) is 59.8 Å². The van der Waals surface area contributed by atoms with E-state index >= 15 is 0 Å². The first-order valence-electron chi connectivity index (χ1n) is 7.86. The van der Waals surface area contributed by atoms with Crippen LogP contribution in [0.2, 0.25) is 0 Å². The third kappa shape index (κ3) is 8.17. The Morgan fingerprint density at radius 3 is 2.50 bits per heavy atom. The molecule has 0 spiro atoms. The Bertz CT molecular complexity index is 227. The molecule has 5 nitrogen and oxygen atoms in total. The molecule has 20 heavy (non-hydrogen) atoms. The second-order valence-electron chi connectivity index (χ2n) is 5.61. The van der Waals surface area contributed by atoms with Crippen molar-refractivity contribution in [1.82, 2.24) is 10.2 Å². The van der Waals surface area contributed by atoms with Gasteiger partial charge >= 0.3 is 0 Å². The van der Waals surface area contributed by atoms with Crippen LogP contribution in [-0.2, 0) is 14.2 Å². The minimum atomic E-state index is 0.568. The predicted octanol–water partition coefficient (Wildman–Crippen LogP) is 1.13. The van der Waals surface area contributed by atoms with Crippen molar-refractivity contribution in [1.29, 1.82) is 0 Å². The molecule has 0 aliphatic carbocycles. The molecule has 1 saturated heterocycles. The number of hydrogen-bond acceptors (Lipinski definition) is 5. The zero-order valence-corrected chi connectivity index (χ0v) is 13.4. The van der Waals surface area contributed by atoms with Gasteiger partial charge in [0.25, 0.3) is 0 Å². The van der Waals surface area contributed by atoms with E-state index in [1.54, 1.807) is 7.11 Å². The summed E-state index contributed by atoms with van der Waals surface area (Å²) in [6.45, 7) is 11.2. The van der Waals surface area contributed by atoms with Gasteiger partial charge in [0.05, 0.1) is 33.0 Å². The Kier molecular flexibility index (Phi) is 10.2. The number of nitrogens with one attached hydrogen (secondary N) is 1. The zero-order valence-electron chi connectivity index (χ0n) is 13.4. The van der Waals surface area contributed by atoms with Crippen LogP contribution in [0.1, 0.15) is 26.7 Å². The van der Waals surface area contributed by atoms with E-state index in [9.17, 15) is 0 Å². The summed E-state index contributed by atoms with van der Waals surface area (Å²) in [4.78, 5) is 2.54. The van der Waals surface area contributed by atoms with Gasteiger partial charge in [-0.25, -0.2) is 0 Å². The van der Waals surface area contributed by atoms with Crippen LogP contribution >= 0.6 is 0 Å². The molecule has 1 fully saturated rings. The lowest BCUT2D eigenvalue weighted by molar-refractivity contribution is 0.0187. The fraction of sp³-hybridized carbons (Fsp3) is 1.00. The van der Waals surface area contributed by atoms with Crippen LogP contribution in [0.4, 0.5) is 0 Å². The molecule has 1 aliphatic heterocycles. The lowest BCUT2D eigenvalue weighted by atomic mass is 10.2. The van der Waals surface area contributed by atoms with Gasteiger partial charge in [-0.05, 0) is 19.4 Å². The third-order valence-corrected chi connectivity index (χ3v) is 3.59. The first kappa shape index (κ1) is 17.9. The van der Waals surface area contributed by atoms with Crippen molar-refractivity contribution in [2.24, 2.45) is 0 Å². The maximum atomic E-state index is 5.62. The molecule has 0 saturated carbocycles. The van der Waals surface area contributed by atoms with Crippen LogP contribution in [-0.4, -0.2) is 76.8 Å². The van der Waals surface area contributed by atoms with Crippen molar-refractivity contribution in [3.8, 4) is 0 Å². The maximum Gasteiger partial charge on any atom is 0.0701 e. The topological polar surface area (TPSA) is 43.0 Å². The second kappa shape index (κ2) is 11.5. The Hall–Kier alpha value is -0.200. The Morgan fingerprint density at radius 2 is 1.80 bits per heavy atom. The molecule has 0 radical (unpaired) electrons. The molecule has 1 aliphatic rings. The van der Waals surface area contributed by atoms with Crippen molar-refractivity contribution >= 4 is 0 Å². The van der Waals surface area contributed by atoms with Crippen molar-refractivity contribution in [3.05, 3.63) is 0 Å². The summed E-state index contributed by atoms with van der Waals surface area (Å²) in [6.07, 6.45) is 2.62. The van der Waals surface area contributed by atoms with E-state index in [-0.39, 0.29) is 0 Å². The van der Waals surface area contributed by atoms with Gasteiger partial charge in [-0.2, -0.15) is 0 Å². The Morgan fingerprint density at radius 1 is 1.10 bits per heavy atom. The van der Waals surface area contributed by atoms with E-state index in [0.29, 0.717) is 38.5 Å². The van der Waals surface area contributed by atoms with Crippen LogP contribution in [0.15, 0.2) is 0 Å². The summed E-state index contributed by atoms with van der Waals surface area (Å²) in [7, 11) is 1.68. The minimum Gasteiger partial charge on any atom is -0.382 e. The van der Waals surface area contributed by atoms with Crippen molar-refractivity contribution in [2.45, 2.75) is 38.8 Å². The SMILES string of the molecule is COCCOCCOCCN1CCCC1CNC(C)C. The number of nitrogens with zero attached hydrogens (tertiary/aromatic N) is 1. The first-order chi connectivity index (χ1) is 9.74. The summed E-state index contributed by atoms with van der Waals surface area (Å²) in [5.74, 6) is 0. The van der Waals surface area contributed by atoms with Crippen LogP contribution in [0.5, 0.6) is 0 Å². The van der Waals surface area contributed by atoms with Gasteiger partial charge < -0.3 is 19.5 Å². The molecular formula is C15H32N2O3. The molecule has 1 N–H and O–H groups in total. The van der Waals surface area contributed by atoms with Gasteiger partial charge in [0.15, 0.2) is 0 Å². The first-order valence-corrected chi connectivity index (χ1v) is 7.86. The highest BCUT2D eigenvalue weighted by atomic mass is 16.5. The molecular weight excluding hydrogens is 256 g/mol. The molecule has 1 unspecified atom stereocenters. The summed E-state index contributed by atoms with van der Waals surface area (Å²) in [5.41, 5.74) is 0.